The molecule has 29 heavy (non-hydrogen) atoms. The standard InChI is InChI=1S/C20H21ClN2O6/c1-4-18(24)22-13-6-7-14(21)15(10-13)23-20(26)12-5-8-16(27-2)17(9-12)29-11-19(25)28-3/h5-10H,4,11H2,1-3H3,(H,22,24)(H,23,26). The molecule has 0 aliphatic heterocycles. The van der Waals surface area contributed by atoms with Crippen molar-refractivity contribution in [3.8, 4) is 11.5 Å². The number of hydrogen-bond donors (Lipinski definition) is 2. The number of esters is 1. The number of carbonyl (C=O) groups is 3. The number of halogens is 1. The summed E-state index contributed by atoms with van der Waals surface area (Å²) in [7, 11) is 2.68. The Bertz CT molecular complexity index is 916. The minimum absolute atomic E-state index is 0.160. The normalized spacial score (nSPS) is 10.1. The highest BCUT2D eigenvalue weighted by Gasteiger charge is 2.15. The van der Waals surface area contributed by atoms with Gasteiger partial charge in [-0.15, -0.1) is 0 Å². The molecule has 0 heterocycles. The van der Waals surface area contributed by atoms with Gasteiger partial charge in [-0.05, 0) is 36.4 Å². The smallest absolute Gasteiger partial charge is 0.343 e. The van der Waals surface area contributed by atoms with Crippen molar-refractivity contribution in [1.82, 2.24) is 0 Å². The van der Waals surface area contributed by atoms with E-state index < -0.39 is 11.9 Å². The van der Waals surface area contributed by atoms with Gasteiger partial charge in [0.2, 0.25) is 5.91 Å². The molecule has 0 aromatic heterocycles. The van der Waals surface area contributed by atoms with Crippen molar-refractivity contribution in [1.29, 1.82) is 0 Å². The molecule has 0 bridgehead atoms. The van der Waals surface area contributed by atoms with Gasteiger partial charge < -0.3 is 24.8 Å². The summed E-state index contributed by atoms with van der Waals surface area (Å²) in [4.78, 5) is 35.5. The quantitative estimate of drug-likeness (QED) is 0.633. The average Bonchev–Trinajstić information content (AvgIpc) is 2.73. The SMILES string of the molecule is CCC(=O)Nc1ccc(Cl)c(NC(=O)c2ccc(OC)c(OCC(=O)OC)c2)c1. The summed E-state index contributed by atoms with van der Waals surface area (Å²) in [6.45, 7) is 1.40. The highest BCUT2D eigenvalue weighted by molar-refractivity contribution is 6.34. The first kappa shape index (κ1) is 22.0. The lowest BCUT2D eigenvalue weighted by Gasteiger charge is -2.13. The molecule has 0 radical (unpaired) electrons. The van der Waals surface area contributed by atoms with Crippen molar-refractivity contribution in [3.05, 3.63) is 47.0 Å². The van der Waals surface area contributed by atoms with Crippen LogP contribution in [0, 0.1) is 0 Å². The van der Waals surface area contributed by atoms with Crippen LogP contribution in [0.25, 0.3) is 0 Å². The van der Waals surface area contributed by atoms with Crippen molar-refractivity contribution in [2.75, 3.05) is 31.5 Å². The van der Waals surface area contributed by atoms with Crippen LogP contribution in [0.1, 0.15) is 23.7 Å². The molecule has 8 nitrogen and oxygen atoms in total. The van der Waals surface area contributed by atoms with Gasteiger partial charge in [0.1, 0.15) is 0 Å². The lowest BCUT2D eigenvalue weighted by Crippen LogP contribution is -2.15. The van der Waals surface area contributed by atoms with Gasteiger partial charge in [-0.3, -0.25) is 9.59 Å². The lowest BCUT2D eigenvalue weighted by atomic mass is 10.1. The summed E-state index contributed by atoms with van der Waals surface area (Å²) in [5.41, 5.74) is 1.09. The Hall–Kier alpha value is -3.26. The average molecular weight is 421 g/mol. The Morgan fingerprint density at radius 1 is 1.00 bits per heavy atom. The highest BCUT2D eigenvalue weighted by atomic mass is 35.5. The number of nitrogens with one attached hydrogen (secondary N) is 2. The van der Waals surface area contributed by atoms with Crippen molar-refractivity contribution in [2.45, 2.75) is 13.3 Å². The summed E-state index contributed by atoms with van der Waals surface area (Å²) in [6.07, 6.45) is 0.324. The molecule has 9 heteroatoms. The summed E-state index contributed by atoms with van der Waals surface area (Å²) >= 11 is 6.15. The second-order valence-corrected chi connectivity index (χ2v) is 6.19. The van der Waals surface area contributed by atoms with Crippen molar-refractivity contribution >= 4 is 40.8 Å². The van der Waals surface area contributed by atoms with Crippen LogP contribution in [-0.2, 0) is 14.3 Å². The Labute approximate surface area is 173 Å². The van der Waals surface area contributed by atoms with Crippen molar-refractivity contribution in [2.24, 2.45) is 0 Å². The number of amides is 2. The first-order chi connectivity index (χ1) is 13.9. The van der Waals surface area contributed by atoms with Gasteiger partial charge in [0.05, 0.1) is 24.9 Å². The van der Waals surface area contributed by atoms with Crippen LogP contribution in [0.5, 0.6) is 11.5 Å². The predicted octanol–water partition coefficient (Wildman–Crippen LogP) is 3.50. The second kappa shape index (κ2) is 10.3. The van der Waals surface area contributed by atoms with E-state index in [9.17, 15) is 14.4 Å². The molecule has 0 aliphatic carbocycles. The zero-order chi connectivity index (χ0) is 21.4. The van der Waals surface area contributed by atoms with E-state index in [1.54, 1.807) is 31.2 Å². The molecule has 0 unspecified atom stereocenters. The molecule has 0 aliphatic rings. The van der Waals surface area contributed by atoms with Gasteiger partial charge in [0.25, 0.3) is 5.91 Å². The molecule has 2 aromatic rings. The fraction of sp³-hybridized carbons (Fsp3) is 0.250. The number of hydrogen-bond acceptors (Lipinski definition) is 6. The van der Waals surface area contributed by atoms with Crippen molar-refractivity contribution < 1.29 is 28.6 Å². The highest BCUT2D eigenvalue weighted by Crippen LogP contribution is 2.30. The fourth-order valence-electron chi connectivity index (χ4n) is 2.27. The van der Waals surface area contributed by atoms with E-state index in [1.807, 2.05) is 0 Å². The first-order valence-electron chi connectivity index (χ1n) is 8.66. The summed E-state index contributed by atoms with van der Waals surface area (Å²) in [5, 5.41) is 5.70. The van der Waals surface area contributed by atoms with Gasteiger partial charge in [-0.25, -0.2) is 4.79 Å². The van der Waals surface area contributed by atoms with E-state index in [2.05, 4.69) is 15.4 Å². The van der Waals surface area contributed by atoms with E-state index in [1.165, 1.54) is 26.4 Å². The minimum atomic E-state index is -0.570. The zero-order valence-corrected chi connectivity index (χ0v) is 17.0. The summed E-state index contributed by atoms with van der Waals surface area (Å²) in [6, 6.07) is 9.29. The molecule has 2 N–H and O–H groups in total. The topological polar surface area (TPSA) is 103 Å². The van der Waals surface area contributed by atoms with E-state index in [0.29, 0.717) is 28.6 Å². The lowest BCUT2D eigenvalue weighted by molar-refractivity contribution is -0.142. The van der Waals surface area contributed by atoms with Gasteiger partial charge in [0, 0.05) is 17.7 Å². The van der Waals surface area contributed by atoms with Crippen LogP contribution in [0.2, 0.25) is 5.02 Å². The molecule has 0 spiro atoms. The maximum atomic E-state index is 12.7. The molecule has 0 saturated heterocycles. The zero-order valence-electron chi connectivity index (χ0n) is 16.2. The molecule has 0 atom stereocenters. The van der Waals surface area contributed by atoms with E-state index in [0.717, 1.165) is 0 Å². The molecule has 0 saturated carbocycles. The third-order valence-corrected chi connectivity index (χ3v) is 4.15. The Balaban J connectivity index is 2.21. The van der Waals surface area contributed by atoms with E-state index in [4.69, 9.17) is 21.1 Å². The van der Waals surface area contributed by atoms with Crippen LogP contribution in [-0.4, -0.2) is 38.6 Å². The number of rotatable bonds is 8. The maximum absolute atomic E-state index is 12.7. The second-order valence-electron chi connectivity index (χ2n) is 5.78. The molecular weight excluding hydrogens is 400 g/mol. The first-order valence-corrected chi connectivity index (χ1v) is 9.04. The predicted molar refractivity (Wildman–Crippen MR) is 109 cm³/mol. The monoisotopic (exact) mass is 420 g/mol. The largest absolute Gasteiger partial charge is 0.493 e. The van der Waals surface area contributed by atoms with Crippen LogP contribution in [0.3, 0.4) is 0 Å². The Morgan fingerprint density at radius 2 is 1.76 bits per heavy atom. The van der Waals surface area contributed by atoms with E-state index >= 15 is 0 Å². The molecule has 2 aromatic carbocycles. The van der Waals surface area contributed by atoms with Crippen LogP contribution < -0.4 is 20.1 Å². The number of carbonyl (C=O) groups excluding carboxylic acids is 3. The van der Waals surface area contributed by atoms with E-state index in [-0.39, 0.29) is 23.8 Å². The summed E-state index contributed by atoms with van der Waals surface area (Å²) < 4.78 is 15.1. The van der Waals surface area contributed by atoms with Crippen LogP contribution >= 0.6 is 11.6 Å². The third-order valence-electron chi connectivity index (χ3n) is 3.82. The Kier molecular flexibility index (Phi) is 7.85. The van der Waals surface area contributed by atoms with Crippen LogP contribution in [0.15, 0.2) is 36.4 Å². The minimum Gasteiger partial charge on any atom is -0.493 e. The summed E-state index contributed by atoms with van der Waals surface area (Å²) in [5.74, 6) is -0.628. The fourth-order valence-corrected chi connectivity index (χ4v) is 2.43. The van der Waals surface area contributed by atoms with Gasteiger partial charge >= 0.3 is 5.97 Å². The third kappa shape index (κ3) is 6.11. The molecule has 2 rings (SSSR count). The molecule has 154 valence electrons. The Morgan fingerprint density at radius 3 is 2.41 bits per heavy atom. The molecular formula is C20H21ClN2O6. The maximum Gasteiger partial charge on any atom is 0.343 e. The van der Waals surface area contributed by atoms with Crippen molar-refractivity contribution in [3.63, 3.8) is 0 Å². The van der Waals surface area contributed by atoms with Crippen LogP contribution in [0.4, 0.5) is 11.4 Å². The molecule has 2 amide bonds. The van der Waals surface area contributed by atoms with Gasteiger partial charge in [0.15, 0.2) is 18.1 Å². The van der Waals surface area contributed by atoms with Gasteiger partial charge in [-0.2, -0.15) is 0 Å². The molecule has 0 fully saturated rings. The number of benzene rings is 2. The van der Waals surface area contributed by atoms with Gasteiger partial charge in [-0.1, -0.05) is 18.5 Å². The number of ether oxygens (including phenoxy) is 3. The number of anilines is 2. The number of methoxy groups -OCH3 is 2.